The molecule has 0 bridgehead atoms. The highest BCUT2D eigenvalue weighted by atomic mass is 35.5. The number of halogens is 3. The number of benzene rings is 1. The molecule has 1 aliphatic rings. The van der Waals surface area contributed by atoms with Crippen molar-refractivity contribution in [2.75, 3.05) is 13.1 Å². The summed E-state index contributed by atoms with van der Waals surface area (Å²) < 4.78 is 19.3. The minimum atomic E-state index is -0.232. The van der Waals surface area contributed by atoms with Gasteiger partial charge in [0.05, 0.1) is 12.2 Å². The molecule has 0 aromatic heterocycles. The lowest BCUT2D eigenvalue weighted by atomic mass is 10.1. The molecule has 0 aliphatic carbocycles. The quantitative estimate of drug-likeness (QED) is 0.827. The molecule has 1 aromatic rings. The Bertz CT molecular complexity index is 372. The highest BCUT2D eigenvalue weighted by Crippen LogP contribution is 2.22. The summed E-state index contributed by atoms with van der Waals surface area (Å²) in [5.41, 5.74) is 0.579. The van der Waals surface area contributed by atoms with Gasteiger partial charge in [0.1, 0.15) is 5.82 Å². The van der Waals surface area contributed by atoms with Crippen molar-refractivity contribution in [3.8, 4) is 0 Å². The maximum Gasteiger partial charge on any atom is 0.129 e. The monoisotopic (exact) mass is 293 g/mol. The first-order chi connectivity index (χ1) is 8.06. The molecule has 0 radical (unpaired) electrons. The van der Waals surface area contributed by atoms with Crippen molar-refractivity contribution in [2.45, 2.75) is 32.6 Å². The molecule has 2 atom stereocenters. The van der Waals surface area contributed by atoms with Crippen LogP contribution in [0.15, 0.2) is 18.2 Å². The second-order valence-corrected chi connectivity index (χ2v) is 5.06. The predicted molar refractivity (Wildman–Crippen MR) is 73.9 cm³/mol. The zero-order chi connectivity index (χ0) is 12.4. The molecule has 18 heavy (non-hydrogen) atoms. The van der Waals surface area contributed by atoms with E-state index in [0.717, 1.165) is 13.1 Å². The van der Waals surface area contributed by atoms with Crippen LogP contribution in [0.4, 0.5) is 4.39 Å². The normalized spacial score (nSPS) is 24.7. The summed E-state index contributed by atoms with van der Waals surface area (Å²) in [6.45, 7) is 6.24. The fourth-order valence-corrected chi connectivity index (χ4v) is 2.54. The van der Waals surface area contributed by atoms with Crippen LogP contribution in [0.3, 0.4) is 0 Å². The van der Waals surface area contributed by atoms with Crippen molar-refractivity contribution >= 4 is 24.0 Å². The zero-order valence-corrected chi connectivity index (χ0v) is 12.1. The largest absolute Gasteiger partial charge is 0.373 e. The van der Waals surface area contributed by atoms with Crippen molar-refractivity contribution in [1.82, 2.24) is 4.90 Å². The summed E-state index contributed by atoms with van der Waals surface area (Å²) >= 11 is 6.02. The molecule has 1 aliphatic heterocycles. The van der Waals surface area contributed by atoms with Crippen molar-refractivity contribution in [1.29, 1.82) is 0 Å². The average Bonchev–Trinajstić information content (AvgIpc) is 2.22. The maximum atomic E-state index is 13.7. The lowest BCUT2D eigenvalue weighted by Crippen LogP contribution is -2.45. The molecule has 2 unspecified atom stereocenters. The van der Waals surface area contributed by atoms with Gasteiger partial charge in [-0.25, -0.2) is 4.39 Å². The number of hydrogen-bond acceptors (Lipinski definition) is 2. The van der Waals surface area contributed by atoms with Crippen LogP contribution in [0, 0.1) is 5.82 Å². The summed E-state index contributed by atoms with van der Waals surface area (Å²) in [4.78, 5) is 2.18. The minimum absolute atomic E-state index is 0. The minimum Gasteiger partial charge on any atom is -0.373 e. The zero-order valence-electron chi connectivity index (χ0n) is 10.5. The summed E-state index contributed by atoms with van der Waals surface area (Å²) in [5.74, 6) is -0.232. The third-order valence-corrected chi connectivity index (χ3v) is 3.29. The van der Waals surface area contributed by atoms with E-state index in [0.29, 0.717) is 17.1 Å². The van der Waals surface area contributed by atoms with Gasteiger partial charge in [0.15, 0.2) is 0 Å². The Kier molecular flexibility index (Phi) is 5.86. The van der Waals surface area contributed by atoms with Gasteiger partial charge in [0.2, 0.25) is 0 Å². The van der Waals surface area contributed by atoms with E-state index in [1.165, 1.54) is 6.07 Å². The lowest BCUT2D eigenvalue weighted by molar-refractivity contribution is -0.0707. The number of morpholine rings is 1. The Morgan fingerprint density at radius 1 is 1.33 bits per heavy atom. The fraction of sp³-hybridized carbons (Fsp3) is 0.538. The van der Waals surface area contributed by atoms with Gasteiger partial charge in [-0.05, 0) is 26.0 Å². The summed E-state index contributed by atoms with van der Waals surface area (Å²) in [6, 6.07) is 4.81. The predicted octanol–water partition coefficient (Wildman–Crippen LogP) is 3.51. The van der Waals surface area contributed by atoms with Crippen LogP contribution in [0.25, 0.3) is 0 Å². The highest BCUT2D eigenvalue weighted by molar-refractivity contribution is 6.31. The number of nitrogens with zero attached hydrogens (tertiary/aromatic N) is 1. The molecule has 102 valence electrons. The van der Waals surface area contributed by atoms with Gasteiger partial charge in [-0.3, -0.25) is 4.90 Å². The molecular formula is C13H18Cl2FNO. The second-order valence-electron chi connectivity index (χ2n) is 4.65. The Hall–Kier alpha value is -0.350. The van der Waals surface area contributed by atoms with Crippen LogP contribution < -0.4 is 0 Å². The standard InChI is InChI=1S/C13H17ClFNO.ClH/c1-9-6-16(7-10(2)17-9)8-11-12(14)4-3-5-13(11)15;/h3-5,9-10H,6-8H2,1-2H3;1H. The maximum absolute atomic E-state index is 13.7. The van der Waals surface area contributed by atoms with Crippen molar-refractivity contribution in [2.24, 2.45) is 0 Å². The Morgan fingerprint density at radius 3 is 2.50 bits per heavy atom. The Labute approximate surface area is 118 Å². The van der Waals surface area contributed by atoms with Gasteiger partial charge < -0.3 is 4.74 Å². The summed E-state index contributed by atoms with van der Waals surface area (Å²) in [7, 11) is 0. The molecular weight excluding hydrogens is 276 g/mol. The van der Waals surface area contributed by atoms with Crippen LogP contribution in [-0.2, 0) is 11.3 Å². The molecule has 1 saturated heterocycles. The third kappa shape index (κ3) is 3.82. The van der Waals surface area contributed by atoms with Gasteiger partial charge in [-0.2, -0.15) is 0 Å². The number of ether oxygens (including phenoxy) is 1. The smallest absolute Gasteiger partial charge is 0.129 e. The van der Waals surface area contributed by atoms with E-state index in [9.17, 15) is 4.39 Å². The molecule has 1 heterocycles. The van der Waals surface area contributed by atoms with E-state index >= 15 is 0 Å². The number of hydrogen-bond donors (Lipinski definition) is 0. The van der Waals surface area contributed by atoms with Gasteiger partial charge in [0.25, 0.3) is 0 Å². The lowest BCUT2D eigenvalue weighted by Gasteiger charge is -2.35. The van der Waals surface area contributed by atoms with E-state index in [-0.39, 0.29) is 30.4 Å². The summed E-state index contributed by atoms with van der Waals surface area (Å²) in [5, 5.41) is 0.497. The average molecular weight is 294 g/mol. The van der Waals surface area contributed by atoms with E-state index < -0.39 is 0 Å². The summed E-state index contributed by atoms with van der Waals surface area (Å²) in [6.07, 6.45) is 0.369. The van der Waals surface area contributed by atoms with Crippen molar-refractivity contribution < 1.29 is 9.13 Å². The molecule has 2 nitrogen and oxygen atoms in total. The first kappa shape index (κ1) is 15.7. The molecule has 0 amide bonds. The van der Waals surface area contributed by atoms with E-state index in [2.05, 4.69) is 4.90 Å². The van der Waals surface area contributed by atoms with E-state index in [1.54, 1.807) is 12.1 Å². The van der Waals surface area contributed by atoms with Crippen LogP contribution in [0.1, 0.15) is 19.4 Å². The molecule has 0 saturated carbocycles. The SMILES string of the molecule is CC1CN(Cc2c(F)cccc2Cl)CC(C)O1.Cl. The Balaban J connectivity index is 0.00000162. The van der Waals surface area contributed by atoms with E-state index in [4.69, 9.17) is 16.3 Å². The molecule has 1 fully saturated rings. The molecule has 0 N–H and O–H groups in total. The van der Waals surface area contributed by atoms with Crippen LogP contribution in [-0.4, -0.2) is 30.2 Å². The fourth-order valence-electron chi connectivity index (χ4n) is 2.32. The molecule has 2 rings (SSSR count). The van der Waals surface area contributed by atoms with Gasteiger partial charge >= 0.3 is 0 Å². The first-order valence-electron chi connectivity index (χ1n) is 5.87. The second kappa shape index (κ2) is 6.71. The van der Waals surface area contributed by atoms with Crippen LogP contribution in [0.5, 0.6) is 0 Å². The van der Waals surface area contributed by atoms with Crippen molar-refractivity contribution in [3.63, 3.8) is 0 Å². The number of rotatable bonds is 2. The van der Waals surface area contributed by atoms with Gasteiger partial charge in [-0.1, -0.05) is 17.7 Å². The molecule has 0 spiro atoms. The van der Waals surface area contributed by atoms with E-state index in [1.807, 2.05) is 13.8 Å². The van der Waals surface area contributed by atoms with Crippen molar-refractivity contribution in [3.05, 3.63) is 34.6 Å². The first-order valence-corrected chi connectivity index (χ1v) is 6.24. The van der Waals surface area contributed by atoms with Gasteiger partial charge in [0, 0.05) is 30.2 Å². The van der Waals surface area contributed by atoms with Gasteiger partial charge in [-0.15, -0.1) is 12.4 Å². The third-order valence-electron chi connectivity index (χ3n) is 2.94. The molecule has 1 aromatic carbocycles. The van der Waals surface area contributed by atoms with Crippen LogP contribution >= 0.6 is 24.0 Å². The highest BCUT2D eigenvalue weighted by Gasteiger charge is 2.23. The molecule has 5 heteroatoms. The van der Waals surface area contributed by atoms with Crippen LogP contribution in [0.2, 0.25) is 5.02 Å². The Morgan fingerprint density at radius 2 is 1.94 bits per heavy atom. The topological polar surface area (TPSA) is 12.5 Å².